The van der Waals surface area contributed by atoms with E-state index in [1.807, 2.05) is 30.3 Å². The molecule has 25 heavy (non-hydrogen) atoms. The maximum absolute atomic E-state index is 12.5. The third kappa shape index (κ3) is 2.85. The molecule has 3 aromatic rings. The Balaban J connectivity index is 1.67. The lowest BCUT2D eigenvalue weighted by Gasteiger charge is -2.14. The van der Waals surface area contributed by atoms with Gasteiger partial charge in [0.25, 0.3) is 5.91 Å². The van der Waals surface area contributed by atoms with Crippen molar-refractivity contribution in [3.05, 3.63) is 75.8 Å². The van der Waals surface area contributed by atoms with E-state index in [0.29, 0.717) is 36.1 Å². The van der Waals surface area contributed by atoms with E-state index in [-0.39, 0.29) is 11.5 Å². The fourth-order valence-electron chi connectivity index (χ4n) is 3.08. The Kier molecular flexibility index (Phi) is 3.69. The van der Waals surface area contributed by atoms with Crippen molar-refractivity contribution < 1.29 is 14.0 Å². The highest BCUT2D eigenvalue weighted by Crippen LogP contribution is 2.22. The number of rotatable bonds is 2. The summed E-state index contributed by atoms with van der Waals surface area (Å²) in [6, 6.07) is 14.4. The first-order chi connectivity index (χ1) is 12.1. The first-order valence-electron chi connectivity index (χ1n) is 8.12. The number of fused-ring (bicyclic) bond motifs is 2. The maximum atomic E-state index is 12.5. The minimum Gasteiger partial charge on any atom is -0.426 e. The van der Waals surface area contributed by atoms with Crippen LogP contribution in [0.4, 0.5) is 5.69 Å². The zero-order chi connectivity index (χ0) is 17.4. The second-order valence-electron chi connectivity index (χ2n) is 6.08. The van der Waals surface area contributed by atoms with Crippen LogP contribution in [-0.4, -0.2) is 11.7 Å². The fourth-order valence-corrected chi connectivity index (χ4v) is 3.08. The molecule has 2 aromatic carbocycles. The lowest BCUT2D eigenvalue weighted by molar-refractivity contribution is 0.0963. The van der Waals surface area contributed by atoms with Crippen molar-refractivity contribution in [1.82, 2.24) is 0 Å². The first kappa shape index (κ1) is 15.3. The van der Waals surface area contributed by atoms with Gasteiger partial charge in [0, 0.05) is 18.4 Å². The Morgan fingerprint density at radius 3 is 2.60 bits per heavy atom. The summed E-state index contributed by atoms with van der Waals surface area (Å²) < 4.78 is 5.22. The van der Waals surface area contributed by atoms with Gasteiger partial charge in [-0.05, 0) is 35.4 Å². The van der Waals surface area contributed by atoms with Crippen LogP contribution in [0.5, 0.6) is 0 Å². The van der Waals surface area contributed by atoms with Gasteiger partial charge in [0.2, 0.25) is 0 Å². The molecule has 0 saturated carbocycles. The van der Waals surface area contributed by atoms with E-state index in [9.17, 15) is 14.4 Å². The molecule has 1 N–H and O–H groups in total. The van der Waals surface area contributed by atoms with Crippen LogP contribution in [-0.2, 0) is 6.42 Å². The van der Waals surface area contributed by atoms with Gasteiger partial charge >= 0.3 is 5.63 Å². The maximum Gasteiger partial charge on any atom is 0.359 e. The molecular formula is C20H15NO4. The highest BCUT2D eigenvalue weighted by atomic mass is 16.4. The molecule has 1 aromatic heterocycles. The van der Waals surface area contributed by atoms with E-state index >= 15 is 0 Å². The van der Waals surface area contributed by atoms with Gasteiger partial charge in [-0.2, -0.15) is 0 Å². The van der Waals surface area contributed by atoms with Crippen molar-refractivity contribution in [2.24, 2.45) is 0 Å². The van der Waals surface area contributed by atoms with Gasteiger partial charge in [-0.1, -0.05) is 30.3 Å². The highest BCUT2D eigenvalue weighted by Gasteiger charge is 2.22. The van der Waals surface area contributed by atoms with E-state index in [4.69, 9.17) is 4.42 Å². The van der Waals surface area contributed by atoms with E-state index in [0.717, 1.165) is 10.8 Å². The Bertz CT molecular complexity index is 1060. The molecule has 0 spiro atoms. The average Bonchev–Trinajstić information content (AvgIpc) is 2.62. The summed E-state index contributed by atoms with van der Waals surface area (Å²) in [5.74, 6) is -0.0718. The predicted molar refractivity (Wildman–Crippen MR) is 94.1 cm³/mol. The molecular weight excluding hydrogens is 318 g/mol. The van der Waals surface area contributed by atoms with E-state index in [2.05, 4.69) is 5.32 Å². The van der Waals surface area contributed by atoms with E-state index in [1.165, 1.54) is 6.07 Å². The molecule has 124 valence electrons. The van der Waals surface area contributed by atoms with Crippen molar-refractivity contribution in [2.75, 3.05) is 5.32 Å². The number of hydrogen-bond acceptors (Lipinski definition) is 4. The molecule has 0 fully saturated rings. The standard InChI is InChI=1S/C20H15NO4/c22-17-6-3-7-18-15(17)11-16(20(24)25-18)21-19(23)14-9-8-12-4-1-2-5-13(12)10-14/h1-2,4-5,8-11H,3,6-7H2,(H,21,23). The van der Waals surface area contributed by atoms with E-state index in [1.54, 1.807) is 12.1 Å². The average molecular weight is 333 g/mol. The number of hydrogen-bond donors (Lipinski definition) is 1. The number of Topliss-reactive ketones (excluding diaryl/α,β-unsaturated/α-hetero) is 1. The monoisotopic (exact) mass is 333 g/mol. The summed E-state index contributed by atoms with van der Waals surface area (Å²) in [6.45, 7) is 0. The van der Waals surface area contributed by atoms with Crippen LogP contribution in [0.3, 0.4) is 0 Å². The number of benzene rings is 2. The quantitative estimate of drug-likeness (QED) is 0.778. The predicted octanol–water partition coefficient (Wildman–Crippen LogP) is 3.56. The van der Waals surface area contributed by atoms with Crippen LogP contribution in [0.25, 0.3) is 10.8 Å². The third-order valence-corrected chi connectivity index (χ3v) is 4.39. The molecule has 0 atom stereocenters. The molecule has 1 heterocycles. The smallest absolute Gasteiger partial charge is 0.359 e. The summed E-state index contributed by atoms with van der Waals surface area (Å²) in [4.78, 5) is 36.5. The highest BCUT2D eigenvalue weighted by molar-refractivity contribution is 6.07. The van der Waals surface area contributed by atoms with Gasteiger partial charge in [-0.15, -0.1) is 0 Å². The Hall–Kier alpha value is -3.21. The van der Waals surface area contributed by atoms with Crippen molar-refractivity contribution in [1.29, 1.82) is 0 Å². The summed E-state index contributed by atoms with van der Waals surface area (Å²) >= 11 is 0. The molecule has 0 bridgehead atoms. The number of ketones is 1. The van der Waals surface area contributed by atoms with Crippen molar-refractivity contribution in [3.63, 3.8) is 0 Å². The van der Waals surface area contributed by atoms with Gasteiger partial charge in [0.1, 0.15) is 11.4 Å². The molecule has 5 nitrogen and oxygen atoms in total. The molecule has 0 unspecified atom stereocenters. The lowest BCUT2D eigenvalue weighted by Crippen LogP contribution is -2.21. The lowest BCUT2D eigenvalue weighted by atomic mass is 9.96. The number of anilines is 1. The Labute approximate surface area is 143 Å². The number of aryl methyl sites for hydroxylation is 1. The fraction of sp³-hybridized carbons (Fsp3) is 0.150. The van der Waals surface area contributed by atoms with Crippen molar-refractivity contribution >= 4 is 28.2 Å². The van der Waals surface area contributed by atoms with Crippen molar-refractivity contribution in [3.8, 4) is 0 Å². The summed E-state index contributed by atoms with van der Waals surface area (Å²) in [5.41, 5.74) is 0.177. The number of carbonyl (C=O) groups is 2. The molecule has 5 heteroatoms. The normalized spacial score (nSPS) is 13.5. The molecule has 0 radical (unpaired) electrons. The van der Waals surface area contributed by atoms with Crippen molar-refractivity contribution in [2.45, 2.75) is 19.3 Å². The van der Waals surface area contributed by atoms with Gasteiger partial charge in [0.05, 0.1) is 5.56 Å². The minimum atomic E-state index is -0.636. The van der Waals surface area contributed by atoms with Gasteiger partial charge in [0.15, 0.2) is 5.78 Å². The van der Waals surface area contributed by atoms with Gasteiger partial charge in [-0.25, -0.2) is 4.79 Å². The SMILES string of the molecule is O=C(Nc1cc2c(oc1=O)CCCC2=O)c1ccc2ccccc2c1. The Morgan fingerprint density at radius 1 is 0.960 bits per heavy atom. The number of carbonyl (C=O) groups excluding carboxylic acids is 2. The Morgan fingerprint density at radius 2 is 1.76 bits per heavy atom. The molecule has 0 aliphatic heterocycles. The molecule has 1 aliphatic carbocycles. The molecule has 0 saturated heterocycles. The summed E-state index contributed by atoms with van der Waals surface area (Å²) in [5, 5.41) is 4.52. The third-order valence-electron chi connectivity index (χ3n) is 4.39. The minimum absolute atomic E-state index is 0.00726. The first-order valence-corrected chi connectivity index (χ1v) is 8.12. The zero-order valence-corrected chi connectivity index (χ0v) is 13.4. The molecule has 4 rings (SSSR count). The van der Waals surface area contributed by atoms with Crippen LogP contribution in [0.15, 0.2) is 57.7 Å². The van der Waals surface area contributed by atoms with Crippen LogP contribution < -0.4 is 10.9 Å². The van der Waals surface area contributed by atoms with E-state index < -0.39 is 11.5 Å². The molecule has 1 aliphatic rings. The largest absolute Gasteiger partial charge is 0.426 e. The summed E-state index contributed by atoms with van der Waals surface area (Å²) in [6.07, 6.45) is 1.67. The molecule has 1 amide bonds. The van der Waals surface area contributed by atoms with Gasteiger partial charge in [-0.3, -0.25) is 9.59 Å². The van der Waals surface area contributed by atoms with Crippen LogP contribution in [0.2, 0.25) is 0 Å². The van der Waals surface area contributed by atoms with Crippen LogP contribution in [0.1, 0.15) is 39.3 Å². The summed E-state index contributed by atoms with van der Waals surface area (Å²) in [7, 11) is 0. The van der Waals surface area contributed by atoms with Gasteiger partial charge < -0.3 is 9.73 Å². The second-order valence-corrected chi connectivity index (χ2v) is 6.08. The van der Waals surface area contributed by atoms with Crippen LogP contribution >= 0.6 is 0 Å². The second kappa shape index (κ2) is 6.02. The number of nitrogens with one attached hydrogen (secondary N) is 1. The zero-order valence-electron chi connectivity index (χ0n) is 13.4. The topological polar surface area (TPSA) is 76.4 Å². The number of amides is 1. The van der Waals surface area contributed by atoms with Crippen LogP contribution in [0, 0.1) is 0 Å².